The van der Waals surface area contributed by atoms with E-state index >= 15 is 0 Å². The number of phosphoric ester groups is 1. The van der Waals surface area contributed by atoms with E-state index in [2.05, 4.69) is 39.0 Å². The second-order valence-corrected chi connectivity index (χ2v) is 15.6. The Morgan fingerprint density at radius 1 is 0.373 bits per heavy atom. The van der Waals surface area contributed by atoms with Gasteiger partial charge in [0.05, 0.1) is 0 Å². The molecule has 0 aromatic heterocycles. The summed E-state index contributed by atoms with van der Waals surface area (Å²) in [6, 6.07) is 23.9. The van der Waals surface area contributed by atoms with E-state index in [4.69, 9.17) is 13.6 Å². The summed E-state index contributed by atoms with van der Waals surface area (Å²) in [6.45, 7) is 6.77. The normalized spacial score (nSPS) is 11.3. The van der Waals surface area contributed by atoms with Gasteiger partial charge in [-0.1, -0.05) is 191 Å². The van der Waals surface area contributed by atoms with Crippen molar-refractivity contribution in [3.05, 3.63) is 89.5 Å². The van der Waals surface area contributed by atoms with E-state index < -0.39 is 7.82 Å². The number of hydrogen-bond acceptors (Lipinski definition) is 4. The van der Waals surface area contributed by atoms with Gasteiger partial charge in [-0.3, -0.25) is 0 Å². The third-order valence-electron chi connectivity index (χ3n) is 9.70. The summed E-state index contributed by atoms with van der Waals surface area (Å²) in [5.74, 6) is 1.74. The van der Waals surface area contributed by atoms with Crippen molar-refractivity contribution in [2.75, 3.05) is 0 Å². The van der Waals surface area contributed by atoms with Crippen molar-refractivity contribution in [1.82, 2.24) is 0 Å². The van der Waals surface area contributed by atoms with E-state index in [-0.39, 0.29) is 29.6 Å². The van der Waals surface area contributed by atoms with Gasteiger partial charge in [0.1, 0.15) is 17.2 Å². The van der Waals surface area contributed by atoms with Gasteiger partial charge in [-0.05, 0) is 73.4 Å². The third kappa shape index (κ3) is 19.3. The molecular weight excluding hydrogens is 658 g/mol. The van der Waals surface area contributed by atoms with Crippen molar-refractivity contribution < 1.29 is 18.1 Å². The molecule has 0 aliphatic heterocycles. The standard InChI is InChI=1S/C45H69O4P.Na.H/c1-4-7-10-13-16-19-22-31-40-34-25-28-37-43(40)47-50(46,48-44-38-29-26-35-41(44)32-23-20-17-14-11-8-5-2)49-45-39-30-27-36-42(45)33-24-21-18-15-12-9-6-3;;/h25-30,34-39H,4-24,31-33H2,1-3H3;;. The molecule has 0 unspecified atom stereocenters. The van der Waals surface area contributed by atoms with Gasteiger partial charge in [0.2, 0.25) is 0 Å². The summed E-state index contributed by atoms with van der Waals surface area (Å²) in [5.41, 5.74) is 3.13. The minimum absolute atomic E-state index is 0. The zero-order valence-corrected chi connectivity index (χ0v) is 32.9. The van der Waals surface area contributed by atoms with Crippen LogP contribution in [0, 0.1) is 0 Å². The molecule has 3 rings (SSSR count). The summed E-state index contributed by atoms with van der Waals surface area (Å²) < 4.78 is 34.2. The summed E-state index contributed by atoms with van der Waals surface area (Å²) in [5, 5.41) is 0. The van der Waals surface area contributed by atoms with Crippen LogP contribution in [-0.2, 0) is 23.8 Å². The van der Waals surface area contributed by atoms with Crippen LogP contribution in [0.4, 0.5) is 0 Å². The van der Waals surface area contributed by atoms with Gasteiger partial charge < -0.3 is 13.6 Å². The van der Waals surface area contributed by atoms with Crippen LogP contribution in [-0.4, -0.2) is 29.6 Å². The van der Waals surface area contributed by atoms with Gasteiger partial charge in [-0.25, -0.2) is 0 Å². The summed E-state index contributed by atoms with van der Waals surface area (Å²) >= 11 is 0. The van der Waals surface area contributed by atoms with E-state index in [1.54, 1.807) is 0 Å². The number of unbranched alkanes of at least 4 members (excludes halogenated alkanes) is 18. The van der Waals surface area contributed by atoms with Gasteiger partial charge in [-0.15, -0.1) is 0 Å². The van der Waals surface area contributed by atoms with Gasteiger partial charge in [0.15, 0.2) is 0 Å². The zero-order valence-electron chi connectivity index (χ0n) is 32.0. The molecule has 0 N–H and O–H groups in total. The van der Waals surface area contributed by atoms with Crippen molar-refractivity contribution in [3.8, 4) is 17.2 Å². The molecule has 0 aliphatic carbocycles. The van der Waals surface area contributed by atoms with Gasteiger partial charge >= 0.3 is 37.4 Å². The Balaban J connectivity index is 0.00000901. The van der Waals surface area contributed by atoms with Crippen molar-refractivity contribution >= 4 is 37.4 Å². The second-order valence-electron chi connectivity index (χ2n) is 14.2. The first-order valence-corrected chi connectivity index (χ1v) is 22.0. The Morgan fingerprint density at radius 3 is 0.882 bits per heavy atom. The second kappa shape index (κ2) is 28.7. The fraction of sp³-hybridized carbons (Fsp3) is 0.600. The Morgan fingerprint density at radius 2 is 0.608 bits per heavy atom. The third-order valence-corrected chi connectivity index (χ3v) is 11.0. The first kappa shape index (κ1) is 45.4. The Bertz CT molecular complexity index is 1180. The Kier molecular flexibility index (Phi) is 25.6. The molecule has 0 amide bonds. The molecule has 6 heteroatoms. The van der Waals surface area contributed by atoms with Crippen molar-refractivity contribution in [2.45, 2.75) is 175 Å². The molecule has 3 aromatic rings. The van der Waals surface area contributed by atoms with Gasteiger partial charge in [0.25, 0.3) is 0 Å². The van der Waals surface area contributed by atoms with Crippen LogP contribution in [0.25, 0.3) is 0 Å². The van der Waals surface area contributed by atoms with Crippen molar-refractivity contribution in [1.29, 1.82) is 0 Å². The predicted octanol–water partition coefficient (Wildman–Crippen LogP) is 14.6. The molecular formula is C45H70NaO4P. The van der Waals surface area contributed by atoms with E-state index in [1.165, 1.54) is 116 Å². The predicted molar refractivity (Wildman–Crippen MR) is 221 cm³/mol. The van der Waals surface area contributed by atoms with E-state index in [0.717, 1.165) is 55.2 Å². The van der Waals surface area contributed by atoms with Crippen LogP contribution in [0.2, 0.25) is 0 Å². The molecule has 4 nitrogen and oxygen atoms in total. The summed E-state index contributed by atoms with van der Waals surface area (Å²) in [4.78, 5) is 0. The number of para-hydroxylation sites is 3. The fourth-order valence-corrected chi connectivity index (χ4v) is 8.00. The fourth-order valence-electron chi connectivity index (χ4n) is 6.63. The Hall–Kier alpha value is -1.71. The van der Waals surface area contributed by atoms with Crippen molar-refractivity contribution in [3.63, 3.8) is 0 Å². The Labute approximate surface area is 335 Å². The molecule has 51 heavy (non-hydrogen) atoms. The zero-order chi connectivity index (χ0) is 35.5. The molecule has 0 bridgehead atoms. The number of aryl methyl sites for hydroxylation is 3. The van der Waals surface area contributed by atoms with Crippen LogP contribution in [0.15, 0.2) is 72.8 Å². The minimum atomic E-state index is -4.14. The first-order chi connectivity index (χ1) is 24.6. The van der Waals surface area contributed by atoms with Crippen LogP contribution in [0.1, 0.15) is 172 Å². The number of benzene rings is 3. The molecule has 0 saturated heterocycles. The van der Waals surface area contributed by atoms with E-state index in [1.807, 2.05) is 54.6 Å². The SMILES string of the molecule is CCCCCCCCCc1ccccc1OP(=O)(Oc1ccccc1CCCCCCCCC)Oc1ccccc1CCCCCCCCC.[NaH]. The molecule has 0 heterocycles. The van der Waals surface area contributed by atoms with Gasteiger partial charge in [0, 0.05) is 0 Å². The monoisotopic (exact) mass is 728 g/mol. The van der Waals surface area contributed by atoms with Crippen molar-refractivity contribution in [2.24, 2.45) is 0 Å². The average Bonchev–Trinajstić information content (AvgIpc) is 3.12. The average molecular weight is 729 g/mol. The maximum absolute atomic E-state index is 14.9. The molecule has 0 aliphatic rings. The van der Waals surface area contributed by atoms with Crippen LogP contribution in [0.5, 0.6) is 17.2 Å². The topological polar surface area (TPSA) is 44.8 Å². The summed E-state index contributed by atoms with van der Waals surface area (Å²) in [6.07, 6.45) is 28.7. The molecule has 0 atom stereocenters. The molecule has 280 valence electrons. The molecule has 0 radical (unpaired) electrons. The summed E-state index contributed by atoms with van der Waals surface area (Å²) in [7, 11) is -4.14. The van der Waals surface area contributed by atoms with E-state index in [0.29, 0.717) is 17.2 Å². The molecule has 0 fully saturated rings. The van der Waals surface area contributed by atoms with E-state index in [9.17, 15) is 4.57 Å². The van der Waals surface area contributed by atoms with Crippen LogP contribution < -0.4 is 13.6 Å². The quantitative estimate of drug-likeness (QED) is 0.0389. The number of hydrogen-bond donors (Lipinski definition) is 0. The first-order valence-electron chi connectivity index (χ1n) is 20.5. The number of phosphoric acid groups is 1. The molecule has 0 spiro atoms. The maximum atomic E-state index is 14.9. The number of rotatable bonds is 30. The van der Waals surface area contributed by atoms with Gasteiger partial charge in [-0.2, -0.15) is 4.57 Å². The van der Waals surface area contributed by atoms with Crippen LogP contribution >= 0.6 is 7.82 Å². The molecule has 3 aromatic carbocycles. The molecule has 0 saturated carbocycles. The van der Waals surface area contributed by atoms with Crippen LogP contribution in [0.3, 0.4) is 0 Å².